The Balaban J connectivity index is 2.83. The minimum atomic E-state index is 0.395. The van der Waals surface area contributed by atoms with Crippen molar-refractivity contribution in [2.75, 3.05) is 5.43 Å². The van der Waals surface area contributed by atoms with Crippen LogP contribution in [0, 0.1) is 13.8 Å². The van der Waals surface area contributed by atoms with Gasteiger partial charge in [0.15, 0.2) is 0 Å². The van der Waals surface area contributed by atoms with Gasteiger partial charge in [-0.1, -0.05) is 26.0 Å². The molecule has 0 saturated carbocycles. The van der Waals surface area contributed by atoms with Crippen LogP contribution >= 0.6 is 0 Å². The molecule has 0 aliphatic heterocycles. The Labute approximate surface area is 102 Å². The molecule has 1 heterocycles. The number of fused-ring (bicyclic) bond motifs is 1. The van der Waals surface area contributed by atoms with Crippen LogP contribution in [0.2, 0.25) is 0 Å². The van der Waals surface area contributed by atoms with Crippen molar-refractivity contribution in [3.05, 3.63) is 35.0 Å². The van der Waals surface area contributed by atoms with Gasteiger partial charge < -0.3 is 5.43 Å². The summed E-state index contributed by atoms with van der Waals surface area (Å²) in [7, 11) is 0. The zero-order chi connectivity index (χ0) is 12.6. The maximum atomic E-state index is 5.60. The van der Waals surface area contributed by atoms with Gasteiger partial charge >= 0.3 is 0 Å². The summed E-state index contributed by atoms with van der Waals surface area (Å²) in [5.41, 5.74) is 8.31. The smallest absolute Gasteiger partial charge is 0.0758 e. The number of hydrazine groups is 1. The van der Waals surface area contributed by atoms with E-state index in [2.05, 4.69) is 45.3 Å². The Hall–Kier alpha value is -1.61. The lowest BCUT2D eigenvalue weighted by atomic mass is 10.0. The molecule has 0 aliphatic carbocycles. The molecule has 90 valence electrons. The summed E-state index contributed by atoms with van der Waals surface area (Å²) in [6, 6.07) is 6.21. The Morgan fingerprint density at radius 2 is 1.94 bits per heavy atom. The summed E-state index contributed by atoms with van der Waals surface area (Å²) in [6.07, 6.45) is 0. The SMILES string of the molecule is Cc1ccc2c(NN)cc(C(C)C)nc2c1C. The quantitative estimate of drug-likeness (QED) is 0.614. The first-order valence-corrected chi connectivity index (χ1v) is 5.92. The second-order valence-electron chi connectivity index (χ2n) is 4.80. The molecule has 0 amide bonds. The van der Waals surface area contributed by atoms with E-state index in [1.165, 1.54) is 11.1 Å². The summed E-state index contributed by atoms with van der Waals surface area (Å²) in [5, 5.41) is 1.08. The maximum Gasteiger partial charge on any atom is 0.0758 e. The van der Waals surface area contributed by atoms with Gasteiger partial charge in [0.1, 0.15) is 0 Å². The Morgan fingerprint density at radius 3 is 2.53 bits per heavy atom. The Bertz CT molecular complexity index is 559. The molecular formula is C14H19N3. The molecule has 0 radical (unpaired) electrons. The van der Waals surface area contributed by atoms with Crippen molar-refractivity contribution in [1.29, 1.82) is 0 Å². The van der Waals surface area contributed by atoms with Gasteiger partial charge in [-0.3, -0.25) is 10.8 Å². The number of hydrogen-bond acceptors (Lipinski definition) is 3. The number of nitrogens with zero attached hydrogens (tertiary/aromatic N) is 1. The first-order chi connectivity index (χ1) is 8.04. The van der Waals surface area contributed by atoms with Crippen LogP contribution in [0.1, 0.15) is 36.6 Å². The van der Waals surface area contributed by atoms with Crippen molar-refractivity contribution in [3.8, 4) is 0 Å². The maximum absolute atomic E-state index is 5.60. The minimum absolute atomic E-state index is 0.395. The van der Waals surface area contributed by atoms with Crippen molar-refractivity contribution in [2.45, 2.75) is 33.6 Å². The van der Waals surface area contributed by atoms with Crippen molar-refractivity contribution in [2.24, 2.45) is 5.84 Å². The molecule has 2 aromatic rings. The summed E-state index contributed by atoms with van der Waals surface area (Å²) in [4.78, 5) is 4.75. The van der Waals surface area contributed by atoms with Crippen LogP contribution in [0.3, 0.4) is 0 Å². The molecule has 3 heteroatoms. The summed E-state index contributed by atoms with van der Waals surface area (Å²) >= 11 is 0. The number of aryl methyl sites for hydroxylation is 2. The highest BCUT2D eigenvalue weighted by Gasteiger charge is 2.10. The highest BCUT2D eigenvalue weighted by Crippen LogP contribution is 2.28. The molecule has 1 aromatic heterocycles. The van der Waals surface area contributed by atoms with E-state index in [9.17, 15) is 0 Å². The predicted octanol–water partition coefficient (Wildman–Crippen LogP) is 3.26. The first-order valence-electron chi connectivity index (χ1n) is 5.92. The van der Waals surface area contributed by atoms with Gasteiger partial charge in [-0.25, -0.2) is 0 Å². The molecule has 2 rings (SSSR count). The van der Waals surface area contributed by atoms with Gasteiger partial charge in [0, 0.05) is 11.1 Å². The van der Waals surface area contributed by atoms with Crippen molar-refractivity contribution < 1.29 is 0 Å². The number of benzene rings is 1. The topological polar surface area (TPSA) is 50.9 Å². The second-order valence-corrected chi connectivity index (χ2v) is 4.80. The van der Waals surface area contributed by atoms with E-state index in [0.717, 1.165) is 22.3 Å². The Kier molecular flexibility index (Phi) is 3.03. The van der Waals surface area contributed by atoms with Crippen molar-refractivity contribution in [3.63, 3.8) is 0 Å². The van der Waals surface area contributed by atoms with Gasteiger partial charge in [0.25, 0.3) is 0 Å². The molecule has 3 nitrogen and oxygen atoms in total. The fourth-order valence-electron chi connectivity index (χ4n) is 1.96. The number of rotatable bonds is 2. The lowest BCUT2D eigenvalue weighted by molar-refractivity contribution is 0.829. The molecular weight excluding hydrogens is 210 g/mol. The van der Waals surface area contributed by atoms with Gasteiger partial charge in [0.05, 0.1) is 11.2 Å². The van der Waals surface area contributed by atoms with E-state index >= 15 is 0 Å². The lowest BCUT2D eigenvalue weighted by Crippen LogP contribution is -2.09. The molecule has 0 bridgehead atoms. The number of pyridine rings is 1. The summed E-state index contributed by atoms with van der Waals surface area (Å²) in [5.74, 6) is 5.99. The van der Waals surface area contributed by atoms with E-state index in [0.29, 0.717) is 5.92 Å². The van der Waals surface area contributed by atoms with E-state index in [-0.39, 0.29) is 0 Å². The summed E-state index contributed by atoms with van der Waals surface area (Å²) < 4.78 is 0. The van der Waals surface area contributed by atoms with E-state index < -0.39 is 0 Å². The lowest BCUT2D eigenvalue weighted by Gasteiger charge is -2.13. The molecule has 17 heavy (non-hydrogen) atoms. The normalized spacial score (nSPS) is 11.2. The zero-order valence-corrected chi connectivity index (χ0v) is 10.8. The monoisotopic (exact) mass is 229 g/mol. The molecule has 0 fully saturated rings. The number of aromatic nitrogens is 1. The number of nitrogens with one attached hydrogen (secondary N) is 1. The van der Waals surface area contributed by atoms with E-state index in [1.807, 2.05) is 6.07 Å². The highest BCUT2D eigenvalue weighted by molar-refractivity contribution is 5.93. The number of hydrogen-bond donors (Lipinski definition) is 2. The molecule has 0 spiro atoms. The fraction of sp³-hybridized carbons (Fsp3) is 0.357. The third-order valence-electron chi connectivity index (χ3n) is 3.27. The van der Waals surface area contributed by atoms with Crippen molar-refractivity contribution in [1.82, 2.24) is 4.98 Å². The molecule has 3 N–H and O–H groups in total. The Morgan fingerprint density at radius 1 is 1.24 bits per heavy atom. The largest absolute Gasteiger partial charge is 0.323 e. The molecule has 1 aromatic carbocycles. The zero-order valence-electron chi connectivity index (χ0n) is 10.8. The standard InChI is InChI=1S/C14H19N3/c1-8(2)12-7-13(17-15)11-6-5-9(3)10(4)14(11)16-12/h5-8H,15H2,1-4H3,(H,16,17). The average Bonchev–Trinajstić information content (AvgIpc) is 2.32. The molecule has 0 aliphatic rings. The first kappa shape index (κ1) is 11.9. The van der Waals surface area contributed by atoms with Crippen LogP contribution in [-0.2, 0) is 0 Å². The predicted molar refractivity (Wildman–Crippen MR) is 73.1 cm³/mol. The van der Waals surface area contributed by atoms with Gasteiger partial charge in [-0.05, 0) is 37.0 Å². The van der Waals surface area contributed by atoms with Crippen LogP contribution in [-0.4, -0.2) is 4.98 Å². The number of nitrogens with two attached hydrogens (primary N) is 1. The average molecular weight is 229 g/mol. The van der Waals surface area contributed by atoms with Gasteiger partial charge in [-0.15, -0.1) is 0 Å². The van der Waals surface area contributed by atoms with Crippen LogP contribution < -0.4 is 11.3 Å². The highest BCUT2D eigenvalue weighted by atomic mass is 15.2. The summed E-state index contributed by atoms with van der Waals surface area (Å²) in [6.45, 7) is 8.49. The molecule has 0 unspecified atom stereocenters. The third-order valence-corrected chi connectivity index (χ3v) is 3.27. The minimum Gasteiger partial charge on any atom is -0.323 e. The number of nitrogen functional groups attached to an aromatic ring is 1. The number of anilines is 1. The van der Waals surface area contributed by atoms with E-state index in [1.54, 1.807) is 0 Å². The van der Waals surface area contributed by atoms with Crippen molar-refractivity contribution >= 4 is 16.6 Å². The second kappa shape index (κ2) is 4.34. The van der Waals surface area contributed by atoms with Crippen LogP contribution in [0.5, 0.6) is 0 Å². The molecule has 0 atom stereocenters. The third kappa shape index (κ3) is 1.98. The van der Waals surface area contributed by atoms with Crippen LogP contribution in [0.15, 0.2) is 18.2 Å². The van der Waals surface area contributed by atoms with Gasteiger partial charge in [0.2, 0.25) is 0 Å². The van der Waals surface area contributed by atoms with Crippen LogP contribution in [0.4, 0.5) is 5.69 Å². The fourth-order valence-corrected chi connectivity index (χ4v) is 1.96. The van der Waals surface area contributed by atoms with Crippen LogP contribution in [0.25, 0.3) is 10.9 Å². The molecule has 0 saturated heterocycles. The van der Waals surface area contributed by atoms with Gasteiger partial charge in [-0.2, -0.15) is 0 Å². The van der Waals surface area contributed by atoms with E-state index in [4.69, 9.17) is 10.8 Å².